The number of carbonyl (C=O) groups excluding carboxylic acids is 1. The molecule has 1 amide bonds. The lowest BCUT2D eigenvalue weighted by Gasteiger charge is -2.27. The zero-order chi connectivity index (χ0) is 13.0. The SMILES string of the molecule is CC(C)Sc1ccccc1C(=O)N1CCCCC1. The summed E-state index contributed by atoms with van der Waals surface area (Å²) >= 11 is 1.77. The first-order chi connectivity index (χ1) is 8.68. The predicted octanol–water partition coefficient (Wildman–Crippen LogP) is 3.81. The molecule has 3 heteroatoms. The average Bonchev–Trinajstić information content (AvgIpc) is 2.39. The maximum absolute atomic E-state index is 12.5. The lowest BCUT2D eigenvalue weighted by atomic mass is 10.1. The molecule has 18 heavy (non-hydrogen) atoms. The molecule has 1 heterocycles. The van der Waals surface area contributed by atoms with Crippen LogP contribution in [0, 0.1) is 0 Å². The second kappa shape index (κ2) is 6.28. The van der Waals surface area contributed by atoms with Gasteiger partial charge >= 0.3 is 0 Å². The van der Waals surface area contributed by atoms with Crippen LogP contribution >= 0.6 is 11.8 Å². The van der Waals surface area contributed by atoms with Crippen LogP contribution in [0.25, 0.3) is 0 Å². The van der Waals surface area contributed by atoms with Gasteiger partial charge in [-0.1, -0.05) is 26.0 Å². The Labute approximate surface area is 114 Å². The summed E-state index contributed by atoms with van der Waals surface area (Å²) in [5, 5.41) is 0.500. The van der Waals surface area contributed by atoms with Crippen LogP contribution in [0.3, 0.4) is 0 Å². The first-order valence-electron chi connectivity index (χ1n) is 6.73. The molecule has 0 radical (unpaired) electrons. The smallest absolute Gasteiger partial charge is 0.254 e. The molecule has 2 rings (SSSR count). The van der Waals surface area contributed by atoms with Crippen molar-refractivity contribution in [2.75, 3.05) is 13.1 Å². The van der Waals surface area contributed by atoms with Gasteiger partial charge in [-0.05, 0) is 31.4 Å². The number of likely N-dealkylation sites (tertiary alicyclic amines) is 1. The lowest BCUT2D eigenvalue weighted by Crippen LogP contribution is -2.35. The summed E-state index contributed by atoms with van der Waals surface area (Å²) in [5.41, 5.74) is 0.873. The van der Waals surface area contributed by atoms with Crippen LogP contribution in [0.15, 0.2) is 29.2 Å². The number of nitrogens with zero attached hydrogens (tertiary/aromatic N) is 1. The van der Waals surface area contributed by atoms with Gasteiger partial charge in [-0.3, -0.25) is 4.79 Å². The largest absolute Gasteiger partial charge is 0.339 e. The summed E-state index contributed by atoms with van der Waals surface area (Å²) in [4.78, 5) is 15.6. The summed E-state index contributed by atoms with van der Waals surface area (Å²) in [7, 11) is 0. The molecular formula is C15H21NOS. The normalized spacial score (nSPS) is 16.1. The number of piperidine rings is 1. The third-order valence-corrected chi connectivity index (χ3v) is 4.20. The highest BCUT2D eigenvalue weighted by Gasteiger charge is 2.20. The Bertz CT molecular complexity index is 411. The molecule has 1 aromatic carbocycles. The summed E-state index contributed by atoms with van der Waals surface area (Å²) in [6.07, 6.45) is 3.54. The number of carbonyl (C=O) groups is 1. The predicted molar refractivity (Wildman–Crippen MR) is 77.2 cm³/mol. The van der Waals surface area contributed by atoms with Crippen molar-refractivity contribution in [2.45, 2.75) is 43.3 Å². The molecule has 0 N–H and O–H groups in total. The number of benzene rings is 1. The van der Waals surface area contributed by atoms with E-state index in [2.05, 4.69) is 19.9 Å². The fourth-order valence-electron chi connectivity index (χ4n) is 2.27. The number of hydrogen-bond donors (Lipinski definition) is 0. The molecule has 0 unspecified atom stereocenters. The van der Waals surface area contributed by atoms with Crippen molar-refractivity contribution in [2.24, 2.45) is 0 Å². The van der Waals surface area contributed by atoms with E-state index in [1.165, 1.54) is 6.42 Å². The van der Waals surface area contributed by atoms with Crippen molar-refractivity contribution in [1.29, 1.82) is 0 Å². The van der Waals surface area contributed by atoms with E-state index in [9.17, 15) is 4.79 Å². The van der Waals surface area contributed by atoms with E-state index in [0.29, 0.717) is 5.25 Å². The van der Waals surface area contributed by atoms with Gasteiger partial charge in [0.1, 0.15) is 0 Å². The van der Waals surface area contributed by atoms with Crippen LogP contribution in [0.5, 0.6) is 0 Å². The van der Waals surface area contributed by atoms with Crippen molar-refractivity contribution in [1.82, 2.24) is 4.90 Å². The molecule has 0 bridgehead atoms. The van der Waals surface area contributed by atoms with E-state index in [4.69, 9.17) is 0 Å². The lowest BCUT2D eigenvalue weighted by molar-refractivity contribution is 0.0721. The molecule has 0 spiro atoms. The molecule has 0 aliphatic carbocycles. The average molecular weight is 263 g/mol. The van der Waals surface area contributed by atoms with E-state index in [-0.39, 0.29) is 5.91 Å². The fourth-order valence-corrected chi connectivity index (χ4v) is 3.21. The van der Waals surface area contributed by atoms with E-state index in [1.54, 1.807) is 11.8 Å². The molecule has 1 aromatic rings. The molecule has 0 aromatic heterocycles. The molecule has 1 aliphatic heterocycles. The second-order valence-corrected chi connectivity index (χ2v) is 6.63. The maximum Gasteiger partial charge on any atom is 0.254 e. The van der Waals surface area contributed by atoms with Crippen molar-refractivity contribution in [3.8, 4) is 0 Å². The highest BCUT2D eigenvalue weighted by Crippen LogP contribution is 2.28. The Hall–Kier alpha value is -0.960. The first-order valence-corrected chi connectivity index (χ1v) is 7.61. The summed E-state index contributed by atoms with van der Waals surface area (Å²) in [5.74, 6) is 0.207. The van der Waals surface area contributed by atoms with Gasteiger partial charge in [-0.25, -0.2) is 0 Å². The number of rotatable bonds is 3. The van der Waals surface area contributed by atoms with E-state index >= 15 is 0 Å². The third kappa shape index (κ3) is 3.29. The minimum Gasteiger partial charge on any atom is -0.339 e. The Kier molecular flexibility index (Phi) is 4.70. The van der Waals surface area contributed by atoms with Gasteiger partial charge in [0.25, 0.3) is 5.91 Å². The van der Waals surface area contributed by atoms with Gasteiger partial charge in [-0.15, -0.1) is 11.8 Å². The number of hydrogen-bond acceptors (Lipinski definition) is 2. The Balaban J connectivity index is 2.18. The van der Waals surface area contributed by atoms with Gasteiger partial charge < -0.3 is 4.90 Å². The zero-order valence-electron chi connectivity index (χ0n) is 11.2. The van der Waals surface area contributed by atoms with Crippen molar-refractivity contribution >= 4 is 17.7 Å². The minimum absolute atomic E-state index is 0.207. The van der Waals surface area contributed by atoms with E-state index < -0.39 is 0 Å². The van der Waals surface area contributed by atoms with Gasteiger partial charge in [0.15, 0.2) is 0 Å². The molecule has 1 fully saturated rings. The van der Waals surface area contributed by atoms with Crippen LogP contribution < -0.4 is 0 Å². The molecule has 1 saturated heterocycles. The first kappa shape index (κ1) is 13.5. The monoisotopic (exact) mass is 263 g/mol. The van der Waals surface area contributed by atoms with Gasteiger partial charge in [0, 0.05) is 23.2 Å². The van der Waals surface area contributed by atoms with E-state index in [0.717, 1.165) is 36.4 Å². The zero-order valence-corrected chi connectivity index (χ0v) is 12.0. The Morgan fingerprint density at radius 1 is 1.17 bits per heavy atom. The van der Waals surface area contributed by atoms with Crippen LogP contribution in [0.1, 0.15) is 43.5 Å². The Morgan fingerprint density at radius 2 is 1.83 bits per heavy atom. The molecule has 0 atom stereocenters. The van der Waals surface area contributed by atoms with Crippen LogP contribution in [-0.2, 0) is 0 Å². The molecule has 1 aliphatic rings. The Morgan fingerprint density at radius 3 is 2.50 bits per heavy atom. The van der Waals surface area contributed by atoms with Gasteiger partial charge in [-0.2, -0.15) is 0 Å². The number of thioether (sulfide) groups is 1. The van der Waals surface area contributed by atoms with Gasteiger partial charge in [0.2, 0.25) is 0 Å². The molecule has 2 nitrogen and oxygen atoms in total. The summed E-state index contributed by atoms with van der Waals surface area (Å²) in [6.45, 7) is 6.15. The minimum atomic E-state index is 0.207. The van der Waals surface area contributed by atoms with Crippen molar-refractivity contribution < 1.29 is 4.79 Å². The maximum atomic E-state index is 12.5. The fraction of sp³-hybridized carbons (Fsp3) is 0.533. The van der Waals surface area contributed by atoms with Crippen molar-refractivity contribution in [3.05, 3.63) is 29.8 Å². The van der Waals surface area contributed by atoms with Crippen LogP contribution in [0.4, 0.5) is 0 Å². The quantitative estimate of drug-likeness (QED) is 0.773. The molecule has 0 saturated carbocycles. The third-order valence-electron chi connectivity index (χ3n) is 3.12. The highest BCUT2D eigenvalue weighted by atomic mass is 32.2. The van der Waals surface area contributed by atoms with E-state index in [1.807, 2.05) is 23.1 Å². The summed E-state index contributed by atoms with van der Waals surface area (Å²) < 4.78 is 0. The molecule has 98 valence electrons. The van der Waals surface area contributed by atoms with Crippen LogP contribution in [-0.4, -0.2) is 29.1 Å². The molecular weight excluding hydrogens is 242 g/mol. The topological polar surface area (TPSA) is 20.3 Å². The summed E-state index contributed by atoms with van der Waals surface area (Å²) in [6, 6.07) is 7.99. The standard InChI is InChI=1S/C15H21NOS/c1-12(2)18-14-9-5-4-8-13(14)15(17)16-10-6-3-7-11-16/h4-5,8-9,12H,3,6-7,10-11H2,1-2H3. The van der Waals surface area contributed by atoms with Gasteiger partial charge in [0.05, 0.1) is 5.56 Å². The highest BCUT2D eigenvalue weighted by molar-refractivity contribution is 8.00. The van der Waals surface area contributed by atoms with Crippen molar-refractivity contribution in [3.63, 3.8) is 0 Å². The van der Waals surface area contributed by atoms with Crippen LogP contribution in [0.2, 0.25) is 0 Å². The second-order valence-electron chi connectivity index (χ2n) is 5.02. The number of amides is 1.